The van der Waals surface area contributed by atoms with Gasteiger partial charge < -0.3 is 19.7 Å². The predicted molar refractivity (Wildman–Crippen MR) is 119 cm³/mol. The summed E-state index contributed by atoms with van der Waals surface area (Å²) in [5.74, 6) is 1.89. The number of hydrogen-bond acceptors (Lipinski definition) is 3. The summed E-state index contributed by atoms with van der Waals surface area (Å²) in [5, 5.41) is 3.37. The second-order valence-corrected chi connectivity index (χ2v) is 8.40. The van der Waals surface area contributed by atoms with Crippen LogP contribution in [0.15, 0.2) is 42.5 Å². The van der Waals surface area contributed by atoms with Crippen LogP contribution in [0, 0.1) is 5.92 Å². The van der Waals surface area contributed by atoms with Crippen molar-refractivity contribution in [3.05, 3.63) is 59.2 Å². The molecule has 0 spiro atoms. The summed E-state index contributed by atoms with van der Waals surface area (Å²) in [4.78, 5) is 14.4. The normalized spacial score (nSPS) is 19.1. The molecule has 0 aliphatic carbocycles. The first kappa shape index (κ1) is 22.2. The molecule has 2 aromatic carbocycles. The van der Waals surface area contributed by atoms with E-state index in [0.717, 1.165) is 36.6 Å². The predicted octanol–water partition coefficient (Wildman–Crippen LogP) is 2.59. The topological polar surface area (TPSA) is 52.0 Å². The Kier molecular flexibility index (Phi) is 7.38. The van der Waals surface area contributed by atoms with Crippen LogP contribution in [0.25, 0.3) is 0 Å². The van der Waals surface area contributed by atoms with E-state index in [4.69, 9.17) is 9.47 Å². The summed E-state index contributed by atoms with van der Waals surface area (Å²) in [5.41, 5.74) is 3.58. The van der Waals surface area contributed by atoms with Crippen molar-refractivity contribution in [2.45, 2.75) is 45.7 Å². The van der Waals surface area contributed by atoms with Crippen LogP contribution >= 0.6 is 0 Å². The Bertz CT molecular complexity index is 851. The lowest BCUT2D eigenvalue weighted by atomic mass is 9.83. The molecular weight excluding hydrogens is 376 g/mol. The molecule has 0 saturated carbocycles. The van der Waals surface area contributed by atoms with E-state index in [2.05, 4.69) is 38.2 Å². The number of carbonyl (C=O) groups is 1. The zero-order valence-corrected chi connectivity index (χ0v) is 18.8. The molecule has 2 N–H and O–H groups in total. The highest BCUT2D eigenvalue weighted by atomic mass is 16.5. The van der Waals surface area contributed by atoms with Crippen LogP contribution in [-0.2, 0) is 17.6 Å². The molecule has 1 aliphatic rings. The monoisotopic (exact) mass is 411 g/mol. The van der Waals surface area contributed by atoms with Gasteiger partial charge in [-0.25, -0.2) is 0 Å². The van der Waals surface area contributed by atoms with E-state index in [1.807, 2.05) is 30.3 Å². The average molecular weight is 412 g/mol. The van der Waals surface area contributed by atoms with Gasteiger partial charge in [-0.15, -0.1) is 0 Å². The van der Waals surface area contributed by atoms with Gasteiger partial charge in [0.05, 0.1) is 39.8 Å². The number of hydrogen-bond donors (Lipinski definition) is 2. The summed E-state index contributed by atoms with van der Waals surface area (Å²) >= 11 is 0. The SMILES string of the molecule is CC[NH+]1CCc2cc(OC)c(OC)cc2[C@H]1[C@H](NC(=O)Cc1ccccc1)C(C)C. The van der Waals surface area contributed by atoms with Gasteiger partial charge in [-0.3, -0.25) is 4.79 Å². The largest absolute Gasteiger partial charge is 0.493 e. The van der Waals surface area contributed by atoms with Crippen molar-refractivity contribution in [2.75, 3.05) is 27.3 Å². The van der Waals surface area contributed by atoms with Crippen LogP contribution in [0.5, 0.6) is 11.5 Å². The quantitative estimate of drug-likeness (QED) is 0.702. The van der Waals surface area contributed by atoms with Crippen LogP contribution in [0.4, 0.5) is 0 Å². The van der Waals surface area contributed by atoms with Crippen molar-refractivity contribution >= 4 is 5.91 Å². The zero-order chi connectivity index (χ0) is 21.7. The van der Waals surface area contributed by atoms with E-state index in [0.29, 0.717) is 12.3 Å². The first-order valence-electron chi connectivity index (χ1n) is 10.9. The number of rotatable bonds is 8. The smallest absolute Gasteiger partial charge is 0.224 e. The Labute approximate surface area is 180 Å². The lowest BCUT2D eigenvalue weighted by Crippen LogP contribution is -3.14. The number of ether oxygens (including phenoxy) is 2. The highest BCUT2D eigenvalue weighted by Gasteiger charge is 2.39. The molecule has 1 amide bonds. The van der Waals surface area contributed by atoms with Crippen molar-refractivity contribution in [3.63, 3.8) is 0 Å². The molecule has 162 valence electrons. The van der Waals surface area contributed by atoms with Gasteiger partial charge in [0.2, 0.25) is 5.91 Å². The second kappa shape index (κ2) is 9.98. The lowest BCUT2D eigenvalue weighted by Gasteiger charge is -2.40. The summed E-state index contributed by atoms with van der Waals surface area (Å²) in [6.45, 7) is 8.65. The van der Waals surface area contributed by atoms with Crippen LogP contribution in [-0.4, -0.2) is 39.3 Å². The van der Waals surface area contributed by atoms with E-state index in [9.17, 15) is 4.79 Å². The molecule has 0 saturated heterocycles. The van der Waals surface area contributed by atoms with E-state index in [1.165, 1.54) is 16.0 Å². The van der Waals surface area contributed by atoms with Crippen molar-refractivity contribution in [1.29, 1.82) is 0 Å². The average Bonchev–Trinajstić information content (AvgIpc) is 2.76. The summed E-state index contributed by atoms with van der Waals surface area (Å²) in [7, 11) is 3.35. The minimum atomic E-state index is 0.0355. The number of amides is 1. The van der Waals surface area contributed by atoms with Gasteiger partial charge in [-0.2, -0.15) is 0 Å². The first-order valence-corrected chi connectivity index (χ1v) is 10.9. The fourth-order valence-corrected chi connectivity index (χ4v) is 4.61. The number of quaternary nitrogens is 1. The number of nitrogens with one attached hydrogen (secondary N) is 2. The van der Waals surface area contributed by atoms with Crippen molar-refractivity contribution < 1.29 is 19.2 Å². The molecule has 1 aliphatic heterocycles. The molecular formula is C25H35N2O3+. The summed E-state index contributed by atoms with van der Waals surface area (Å²) in [6.07, 6.45) is 1.40. The second-order valence-electron chi connectivity index (χ2n) is 8.40. The standard InChI is InChI=1S/C25H34N2O3/c1-6-27-13-12-19-15-21(29-4)22(30-5)16-20(19)25(27)24(17(2)3)26-23(28)14-18-10-8-7-9-11-18/h7-11,15-17,24-25H,6,12-14H2,1-5H3,(H,26,28)/p+1/t24-,25+/m1/s1. The van der Waals surface area contributed by atoms with Crippen LogP contribution in [0.1, 0.15) is 43.5 Å². The molecule has 3 rings (SSSR count). The number of fused-ring (bicyclic) bond motifs is 1. The minimum absolute atomic E-state index is 0.0355. The highest BCUT2D eigenvalue weighted by Crippen LogP contribution is 2.36. The van der Waals surface area contributed by atoms with Crippen molar-refractivity contribution in [1.82, 2.24) is 5.32 Å². The van der Waals surface area contributed by atoms with Gasteiger partial charge in [-0.05, 0) is 36.1 Å². The van der Waals surface area contributed by atoms with Crippen molar-refractivity contribution in [3.8, 4) is 11.5 Å². The Morgan fingerprint density at radius 1 is 1.13 bits per heavy atom. The van der Waals surface area contributed by atoms with E-state index < -0.39 is 0 Å². The fourth-order valence-electron chi connectivity index (χ4n) is 4.61. The molecule has 0 radical (unpaired) electrons. The number of benzene rings is 2. The lowest BCUT2D eigenvalue weighted by molar-refractivity contribution is -0.934. The maximum absolute atomic E-state index is 12.9. The fraction of sp³-hybridized carbons (Fsp3) is 0.480. The van der Waals surface area contributed by atoms with Crippen LogP contribution in [0.3, 0.4) is 0 Å². The Morgan fingerprint density at radius 2 is 1.80 bits per heavy atom. The number of carbonyl (C=O) groups excluding carboxylic acids is 1. The van der Waals surface area contributed by atoms with E-state index in [1.54, 1.807) is 14.2 Å². The first-order chi connectivity index (χ1) is 14.5. The molecule has 30 heavy (non-hydrogen) atoms. The molecule has 0 fully saturated rings. The number of likely N-dealkylation sites (N-methyl/N-ethyl adjacent to an activating group) is 1. The van der Waals surface area contributed by atoms with Gasteiger partial charge in [-0.1, -0.05) is 44.2 Å². The Hall–Kier alpha value is -2.53. The van der Waals surface area contributed by atoms with Crippen molar-refractivity contribution in [2.24, 2.45) is 5.92 Å². The molecule has 3 atom stereocenters. The van der Waals surface area contributed by atoms with Crippen LogP contribution in [0.2, 0.25) is 0 Å². The van der Waals surface area contributed by atoms with Gasteiger partial charge in [0.1, 0.15) is 6.04 Å². The maximum atomic E-state index is 12.9. The van der Waals surface area contributed by atoms with Gasteiger partial charge in [0.25, 0.3) is 0 Å². The molecule has 0 aromatic heterocycles. The Morgan fingerprint density at radius 3 is 2.40 bits per heavy atom. The minimum Gasteiger partial charge on any atom is -0.493 e. The van der Waals surface area contributed by atoms with Gasteiger partial charge in [0, 0.05) is 12.0 Å². The third-order valence-corrected chi connectivity index (χ3v) is 6.20. The molecule has 2 aromatic rings. The molecule has 1 unspecified atom stereocenters. The number of methoxy groups -OCH3 is 2. The third kappa shape index (κ3) is 4.78. The van der Waals surface area contributed by atoms with Gasteiger partial charge in [0.15, 0.2) is 11.5 Å². The highest BCUT2D eigenvalue weighted by molar-refractivity contribution is 5.79. The summed E-state index contributed by atoms with van der Waals surface area (Å²) in [6, 6.07) is 14.4. The Balaban J connectivity index is 1.93. The molecule has 0 bridgehead atoms. The third-order valence-electron chi connectivity index (χ3n) is 6.20. The van der Waals surface area contributed by atoms with Gasteiger partial charge >= 0.3 is 0 Å². The zero-order valence-electron chi connectivity index (χ0n) is 18.8. The molecule has 5 heteroatoms. The molecule has 1 heterocycles. The molecule has 5 nitrogen and oxygen atoms in total. The summed E-state index contributed by atoms with van der Waals surface area (Å²) < 4.78 is 11.1. The maximum Gasteiger partial charge on any atom is 0.224 e. The van der Waals surface area contributed by atoms with E-state index >= 15 is 0 Å². The van der Waals surface area contributed by atoms with Crippen LogP contribution < -0.4 is 19.7 Å². The van der Waals surface area contributed by atoms with E-state index in [-0.39, 0.29) is 18.0 Å².